The van der Waals surface area contributed by atoms with Crippen LogP contribution in [0.25, 0.3) is 0 Å². The lowest BCUT2D eigenvalue weighted by Crippen LogP contribution is -1.98. The van der Waals surface area contributed by atoms with Gasteiger partial charge in [-0.25, -0.2) is 4.79 Å². The van der Waals surface area contributed by atoms with E-state index in [4.69, 9.17) is 5.11 Å². The van der Waals surface area contributed by atoms with Crippen LogP contribution in [0, 0.1) is 0 Å². The summed E-state index contributed by atoms with van der Waals surface area (Å²) >= 11 is 0. The first-order valence-corrected chi connectivity index (χ1v) is 11.6. The van der Waals surface area contributed by atoms with E-state index in [1.165, 1.54) is 89.5 Å². The van der Waals surface area contributed by atoms with Gasteiger partial charge in [0.1, 0.15) is 17.6 Å². The number of carbonyl (C=O) groups is 2. The van der Waals surface area contributed by atoms with Crippen molar-refractivity contribution in [3.63, 3.8) is 0 Å². The number of rotatable bonds is 19. The zero-order valence-corrected chi connectivity index (χ0v) is 18.0. The molecule has 4 heteroatoms. The van der Waals surface area contributed by atoms with Gasteiger partial charge in [-0.2, -0.15) is 0 Å². The maximum atomic E-state index is 11.0. The molecule has 0 aromatic heterocycles. The molecule has 0 aliphatic rings. The molecule has 0 bridgehead atoms. The third kappa shape index (κ3) is 13.1. The van der Waals surface area contributed by atoms with Crippen LogP contribution in [0.15, 0.2) is 18.2 Å². The molecule has 0 atom stereocenters. The molecule has 1 aromatic carbocycles. The van der Waals surface area contributed by atoms with E-state index in [-0.39, 0.29) is 11.3 Å². The van der Waals surface area contributed by atoms with E-state index in [0.29, 0.717) is 0 Å². The SMILES string of the molecule is O=CCCCCCCCCCCCCCCCCCc1ccc(O)c(C(=O)O)c1. The summed E-state index contributed by atoms with van der Waals surface area (Å²) in [6.45, 7) is 0. The van der Waals surface area contributed by atoms with E-state index in [9.17, 15) is 14.7 Å². The van der Waals surface area contributed by atoms with Crippen molar-refractivity contribution in [3.8, 4) is 5.75 Å². The number of hydrogen-bond acceptors (Lipinski definition) is 3. The van der Waals surface area contributed by atoms with Crippen LogP contribution in [-0.2, 0) is 11.2 Å². The van der Waals surface area contributed by atoms with E-state index in [1.807, 2.05) is 6.07 Å². The van der Waals surface area contributed by atoms with E-state index < -0.39 is 5.97 Å². The molecule has 0 spiro atoms. The number of benzene rings is 1. The molecule has 4 nitrogen and oxygen atoms in total. The molecule has 29 heavy (non-hydrogen) atoms. The number of hydrogen-bond donors (Lipinski definition) is 2. The Bertz CT molecular complexity index is 568. The minimum Gasteiger partial charge on any atom is -0.507 e. The van der Waals surface area contributed by atoms with Crippen molar-refractivity contribution in [3.05, 3.63) is 29.3 Å². The molecule has 0 radical (unpaired) electrons. The Morgan fingerprint density at radius 1 is 0.724 bits per heavy atom. The molecular weight excluding hydrogens is 364 g/mol. The number of unbranched alkanes of at least 4 members (excludes halogenated alkanes) is 15. The number of aromatic carboxylic acids is 1. The van der Waals surface area contributed by atoms with Crippen molar-refractivity contribution in [1.29, 1.82) is 0 Å². The van der Waals surface area contributed by atoms with Gasteiger partial charge in [0.2, 0.25) is 0 Å². The normalized spacial score (nSPS) is 10.9. The number of phenols is 1. The zero-order chi connectivity index (χ0) is 21.2. The first-order chi connectivity index (χ1) is 14.1. The predicted octanol–water partition coefficient (Wildman–Crippen LogP) is 7.07. The highest BCUT2D eigenvalue weighted by atomic mass is 16.4. The summed E-state index contributed by atoms with van der Waals surface area (Å²) in [4.78, 5) is 21.3. The maximum absolute atomic E-state index is 11.0. The van der Waals surface area contributed by atoms with E-state index in [0.717, 1.165) is 37.5 Å². The van der Waals surface area contributed by atoms with Crippen molar-refractivity contribution in [1.82, 2.24) is 0 Å². The molecule has 1 aromatic rings. The Kier molecular flexibility index (Phi) is 14.8. The molecule has 0 unspecified atom stereocenters. The highest BCUT2D eigenvalue weighted by Gasteiger charge is 2.09. The van der Waals surface area contributed by atoms with Crippen molar-refractivity contribution in [2.75, 3.05) is 0 Å². The summed E-state index contributed by atoms with van der Waals surface area (Å²) in [5.41, 5.74) is 0.984. The molecule has 0 amide bonds. The number of aldehydes is 1. The van der Waals surface area contributed by atoms with Crippen LogP contribution in [0.5, 0.6) is 5.75 Å². The Morgan fingerprint density at radius 3 is 1.62 bits per heavy atom. The first kappa shape index (κ1) is 25.2. The largest absolute Gasteiger partial charge is 0.507 e. The second-order valence-electron chi connectivity index (χ2n) is 8.17. The van der Waals surface area contributed by atoms with Gasteiger partial charge in [-0.05, 0) is 37.0 Å². The third-order valence-corrected chi connectivity index (χ3v) is 5.58. The van der Waals surface area contributed by atoms with Gasteiger partial charge < -0.3 is 15.0 Å². The van der Waals surface area contributed by atoms with Crippen molar-refractivity contribution >= 4 is 12.3 Å². The van der Waals surface area contributed by atoms with Crippen LogP contribution < -0.4 is 0 Å². The third-order valence-electron chi connectivity index (χ3n) is 5.58. The molecule has 0 saturated heterocycles. The van der Waals surface area contributed by atoms with Crippen molar-refractivity contribution < 1.29 is 19.8 Å². The first-order valence-electron chi connectivity index (χ1n) is 11.6. The van der Waals surface area contributed by atoms with Crippen LogP contribution in [0.1, 0.15) is 119 Å². The molecule has 2 N–H and O–H groups in total. The molecular formula is C25H40O4. The maximum Gasteiger partial charge on any atom is 0.339 e. The van der Waals surface area contributed by atoms with Crippen LogP contribution in [0.4, 0.5) is 0 Å². The van der Waals surface area contributed by atoms with Crippen molar-refractivity contribution in [2.24, 2.45) is 0 Å². The summed E-state index contributed by atoms with van der Waals surface area (Å²) in [5, 5.41) is 18.6. The van der Waals surface area contributed by atoms with Gasteiger partial charge in [0.05, 0.1) is 0 Å². The Labute approximate surface area is 176 Å². The predicted molar refractivity (Wildman–Crippen MR) is 119 cm³/mol. The van der Waals surface area contributed by atoms with Crippen LogP contribution in [0.3, 0.4) is 0 Å². The topological polar surface area (TPSA) is 74.6 Å². The smallest absolute Gasteiger partial charge is 0.339 e. The monoisotopic (exact) mass is 404 g/mol. The molecule has 0 aliphatic carbocycles. The minimum absolute atomic E-state index is 0.00269. The number of carbonyl (C=O) groups excluding carboxylic acids is 1. The van der Waals surface area contributed by atoms with Gasteiger partial charge in [0, 0.05) is 6.42 Å². The van der Waals surface area contributed by atoms with Gasteiger partial charge in [-0.1, -0.05) is 89.5 Å². The van der Waals surface area contributed by atoms with Gasteiger partial charge in [0.15, 0.2) is 0 Å². The van der Waals surface area contributed by atoms with E-state index >= 15 is 0 Å². The number of aromatic hydroxyl groups is 1. The lowest BCUT2D eigenvalue weighted by atomic mass is 10.0. The minimum atomic E-state index is -1.07. The Balaban J connectivity index is 1.86. The van der Waals surface area contributed by atoms with Gasteiger partial charge in [-0.15, -0.1) is 0 Å². The molecule has 164 valence electrons. The van der Waals surface area contributed by atoms with Crippen molar-refractivity contribution in [2.45, 2.75) is 109 Å². The summed E-state index contributed by atoms with van der Waals surface area (Å²) in [5.74, 6) is -1.23. The summed E-state index contributed by atoms with van der Waals surface area (Å²) < 4.78 is 0. The number of carboxylic acid groups (broad SMARTS) is 1. The average molecular weight is 405 g/mol. The molecule has 0 saturated carbocycles. The zero-order valence-electron chi connectivity index (χ0n) is 18.0. The van der Waals surface area contributed by atoms with Gasteiger partial charge in [0.25, 0.3) is 0 Å². The summed E-state index contributed by atoms with van der Waals surface area (Å²) in [6.07, 6.45) is 21.7. The lowest BCUT2D eigenvalue weighted by Gasteiger charge is -2.05. The Morgan fingerprint density at radius 2 is 1.17 bits per heavy atom. The summed E-state index contributed by atoms with van der Waals surface area (Å²) in [7, 11) is 0. The molecule has 0 heterocycles. The molecule has 0 fully saturated rings. The second kappa shape index (κ2) is 17.1. The fourth-order valence-corrected chi connectivity index (χ4v) is 3.76. The quantitative estimate of drug-likeness (QED) is 0.191. The highest BCUT2D eigenvalue weighted by molar-refractivity contribution is 5.90. The highest BCUT2D eigenvalue weighted by Crippen LogP contribution is 2.20. The number of carboxylic acids is 1. The number of aryl methyl sites for hydroxylation is 1. The average Bonchev–Trinajstić information content (AvgIpc) is 2.71. The standard InChI is InChI=1S/C25H40O4/c26-20-16-14-12-10-8-6-4-2-1-3-5-7-9-11-13-15-17-22-18-19-24(27)23(21-22)25(28)29/h18-21,27H,1-17H2,(H,28,29). The fourth-order valence-electron chi connectivity index (χ4n) is 3.76. The Hall–Kier alpha value is -1.84. The second-order valence-corrected chi connectivity index (χ2v) is 8.17. The molecule has 0 aliphatic heterocycles. The molecule has 1 rings (SSSR count). The van der Waals surface area contributed by atoms with E-state index in [1.54, 1.807) is 6.07 Å². The van der Waals surface area contributed by atoms with Crippen LogP contribution >= 0.6 is 0 Å². The van der Waals surface area contributed by atoms with Crippen LogP contribution in [-0.4, -0.2) is 22.5 Å². The van der Waals surface area contributed by atoms with Crippen LogP contribution in [0.2, 0.25) is 0 Å². The fraction of sp³-hybridized carbons (Fsp3) is 0.680. The van der Waals surface area contributed by atoms with Gasteiger partial charge in [-0.3, -0.25) is 0 Å². The van der Waals surface area contributed by atoms with Gasteiger partial charge >= 0.3 is 5.97 Å². The van der Waals surface area contributed by atoms with E-state index in [2.05, 4.69) is 0 Å². The summed E-state index contributed by atoms with van der Waals surface area (Å²) in [6, 6.07) is 4.88. The lowest BCUT2D eigenvalue weighted by molar-refractivity contribution is -0.107.